The minimum absolute atomic E-state index is 0.00609. The first-order valence-corrected chi connectivity index (χ1v) is 6.38. The molecule has 0 saturated carbocycles. The first-order valence-electron chi connectivity index (χ1n) is 5.19. The van der Waals surface area contributed by atoms with Crippen LogP contribution in [-0.2, 0) is 0 Å². The van der Waals surface area contributed by atoms with E-state index in [4.69, 9.17) is 11.6 Å². The van der Waals surface area contributed by atoms with Crippen LogP contribution in [0.4, 0.5) is 4.39 Å². The highest BCUT2D eigenvalue weighted by atomic mass is 35.5. The molecule has 1 heterocycles. The van der Waals surface area contributed by atoms with Gasteiger partial charge >= 0.3 is 0 Å². The quantitative estimate of drug-likeness (QED) is 0.713. The molecule has 0 bridgehead atoms. The van der Waals surface area contributed by atoms with E-state index in [0.29, 0.717) is 15.6 Å². The van der Waals surface area contributed by atoms with Crippen LogP contribution < -0.4 is 0 Å². The van der Waals surface area contributed by atoms with Crippen molar-refractivity contribution in [3.8, 4) is 16.3 Å². The molecule has 0 unspecified atom stereocenters. The monoisotopic (exact) mass is 279 g/mol. The predicted octanol–water partition coefficient (Wildman–Crippen LogP) is 4.46. The first-order chi connectivity index (χ1) is 8.65. The average molecular weight is 280 g/mol. The molecule has 0 aliphatic heterocycles. The van der Waals surface area contributed by atoms with Gasteiger partial charge in [-0.3, -0.25) is 0 Å². The SMILES string of the molecule is Oc1ccc(F)cc1-c1nc2cccc(Cl)c2s1. The van der Waals surface area contributed by atoms with Crippen LogP contribution in [0.15, 0.2) is 36.4 Å². The molecule has 0 aliphatic rings. The second kappa shape index (κ2) is 4.23. The number of rotatable bonds is 1. The van der Waals surface area contributed by atoms with Crippen molar-refractivity contribution in [2.45, 2.75) is 0 Å². The lowest BCUT2D eigenvalue weighted by molar-refractivity contribution is 0.475. The number of nitrogens with zero attached hydrogens (tertiary/aromatic N) is 1. The molecule has 2 aromatic carbocycles. The van der Waals surface area contributed by atoms with E-state index >= 15 is 0 Å². The van der Waals surface area contributed by atoms with Gasteiger partial charge in [0, 0.05) is 0 Å². The van der Waals surface area contributed by atoms with E-state index in [0.717, 1.165) is 10.2 Å². The first kappa shape index (κ1) is 11.4. The summed E-state index contributed by atoms with van der Waals surface area (Å²) in [6, 6.07) is 9.20. The highest BCUT2D eigenvalue weighted by Crippen LogP contribution is 2.37. The molecule has 0 atom stereocenters. The van der Waals surface area contributed by atoms with E-state index in [1.54, 1.807) is 12.1 Å². The van der Waals surface area contributed by atoms with Gasteiger partial charge in [-0.05, 0) is 30.3 Å². The summed E-state index contributed by atoms with van der Waals surface area (Å²) in [5.41, 5.74) is 1.12. The van der Waals surface area contributed by atoms with Gasteiger partial charge in [0.2, 0.25) is 0 Å². The Kier molecular flexibility index (Phi) is 2.69. The number of aromatic hydroxyl groups is 1. The second-order valence-electron chi connectivity index (χ2n) is 3.77. The van der Waals surface area contributed by atoms with Gasteiger partial charge in [0.05, 0.1) is 20.8 Å². The Balaban J connectivity index is 2.26. The zero-order valence-electron chi connectivity index (χ0n) is 9.02. The average Bonchev–Trinajstić information content (AvgIpc) is 2.77. The number of benzene rings is 2. The maximum Gasteiger partial charge on any atom is 0.128 e. The minimum atomic E-state index is -0.409. The third-order valence-electron chi connectivity index (χ3n) is 2.56. The third kappa shape index (κ3) is 1.83. The van der Waals surface area contributed by atoms with Gasteiger partial charge in [-0.2, -0.15) is 0 Å². The lowest BCUT2D eigenvalue weighted by Crippen LogP contribution is -1.80. The molecule has 3 aromatic rings. The minimum Gasteiger partial charge on any atom is -0.507 e. The van der Waals surface area contributed by atoms with Gasteiger partial charge in [0.1, 0.15) is 16.6 Å². The largest absolute Gasteiger partial charge is 0.507 e. The number of thiazole rings is 1. The molecular weight excluding hydrogens is 273 g/mol. The van der Waals surface area contributed by atoms with Gasteiger partial charge in [-0.1, -0.05) is 17.7 Å². The lowest BCUT2D eigenvalue weighted by Gasteiger charge is -1.99. The summed E-state index contributed by atoms with van der Waals surface area (Å²) in [5.74, 6) is -0.403. The Labute approximate surface area is 111 Å². The summed E-state index contributed by atoms with van der Waals surface area (Å²) in [6.07, 6.45) is 0. The van der Waals surface area contributed by atoms with Crippen molar-refractivity contribution >= 4 is 33.2 Å². The summed E-state index contributed by atoms with van der Waals surface area (Å²) in [5, 5.41) is 10.9. The zero-order valence-corrected chi connectivity index (χ0v) is 10.6. The lowest BCUT2D eigenvalue weighted by atomic mass is 10.2. The normalized spacial score (nSPS) is 11.0. The van der Waals surface area contributed by atoms with Crippen molar-refractivity contribution in [3.05, 3.63) is 47.2 Å². The molecule has 5 heteroatoms. The summed E-state index contributed by atoms with van der Waals surface area (Å²) in [4.78, 5) is 4.35. The van der Waals surface area contributed by atoms with Gasteiger partial charge in [0.25, 0.3) is 0 Å². The molecule has 0 radical (unpaired) electrons. The van der Waals surface area contributed by atoms with Crippen LogP contribution in [-0.4, -0.2) is 10.1 Å². The summed E-state index contributed by atoms with van der Waals surface area (Å²) >= 11 is 7.39. The van der Waals surface area contributed by atoms with Crippen molar-refractivity contribution < 1.29 is 9.50 Å². The van der Waals surface area contributed by atoms with Crippen LogP contribution in [0.2, 0.25) is 5.02 Å². The van der Waals surface area contributed by atoms with Gasteiger partial charge in [-0.25, -0.2) is 9.37 Å². The van der Waals surface area contributed by atoms with Crippen LogP contribution in [0.3, 0.4) is 0 Å². The van der Waals surface area contributed by atoms with Crippen LogP contribution in [0.5, 0.6) is 5.75 Å². The van der Waals surface area contributed by atoms with E-state index in [1.807, 2.05) is 6.07 Å². The fourth-order valence-electron chi connectivity index (χ4n) is 1.71. The van der Waals surface area contributed by atoms with Crippen molar-refractivity contribution in [1.82, 2.24) is 4.98 Å². The van der Waals surface area contributed by atoms with E-state index < -0.39 is 5.82 Å². The highest BCUT2D eigenvalue weighted by Gasteiger charge is 2.12. The van der Waals surface area contributed by atoms with Crippen molar-refractivity contribution in [2.75, 3.05) is 0 Å². The molecule has 0 fully saturated rings. The van der Waals surface area contributed by atoms with Gasteiger partial charge < -0.3 is 5.11 Å². The highest BCUT2D eigenvalue weighted by molar-refractivity contribution is 7.22. The Morgan fingerprint density at radius 3 is 2.83 bits per heavy atom. The molecule has 0 spiro atoms. The number of aromatic nitrogens is 1. The third-order valence-corrected chi connectivity index (χ3v) is 4.12. The Morgan fingerprint density at radius 1 is 1.22 bits per heavy atom. The van der Waals surface area contributed by atoms with Crippen molar-refractivity contribution in [2.24, 2.45) is 0 Å². The Bertz CT molecular complexity index is 741. The van der Waals surface area contributed by atoms with Gasteiger partial charge in [0.15, 0.2) is 0 Å². The van der Waals surface area contributed by atoms with E-state index in [9.17, 15) is 9.50 Å². The smallest absolute Gasteiger partial charge is 0.128 e. The number of phenols is 1. The second-order valence-corrected chi connectivity index (χ2v) is 5.17. The van der Waals surface area contributed by atoms with Crippen LogP contribution in [0.1, 0.15) is 0 Å². The molecule has 0 saturated heterocycles. The predicted molar refractivity (Wildman–Crippen MR) is 71.7 cm³/mol. The fourth-order valence-corrected chi connectivity index (χ4v) is 2.99. The number of hydrogen-bond donors (Lipinski definition) is 1. The molecule has 90 valence electrons. The van der Waals surface area contributed by atoms with E-state index in [-0.39, 0.29) is 5.75 Å². The Hall–Kier alpha value is -1.65. The van der Waals surface area contributed by atoms with Crippen molar-refractivity contribution in [1.29, 1.82) is 0 Å². The molecule has 2 nitrogen and oxygen atoms in total. The standard InChI is InChI=1S/C13H7ClFNOS/c14-9-2-1-3-10-12(9)18-13(16-10)8-6-7(15)4-5-11(8)17/h1-6,17H. The molecular formula is C13H7ClFNOS. The molecule has 0 amide bonds. The number of fused-ring (bicyclic) bond motifs is 1. The summed E-state index contributed by atoms with van der Waals surface area (Å²) in [7, 11) is 0. The van der Waals surface area contributed by atoms with Crippen LogP contribution in [0, 0.1) is 5.82 Å². The molecule has 0 aliphatic carbocycles. The molecule has 3 rings (SSSR count). The molecule has 1 aromatic heterocycles. The van der Waals surface area contributed by atoms with E-state index in [2.05, 4.69) is 4.98 Å². The molecule has 18 heavy (non-hydrogen) atoms. The van der Waals surface area contributed by atoms with Crippen LogP contribution in [0.25, 0.3) is 20.8 Å². The number of halogens is 2. The maximum absolute atomic E-state index is 13.2. The topological polar surface area (TPSA) is 33.1 Å². The zero-order chi connectivity index (χ0) is 12.7. The summed E-state index contributed by atoms with van der Waals surface area (Å²) < 4.78 is 14.0. The molecule has 1 N–H and O–H groups in total. The van der Waals surface area contributed by atoms with E-state index in [1.165, 1.54) is 29.5 Å². The fraction of sp³-hybridized carbons (Fsp3) is 0. The summed E-state index contributed by atoms with van der Waals surface area (Å²) in [6.45, 7) is 0. The van der Waals surface area contributed by atoms with Crippen molar-refractivity contribution in [3.63, 3.8) is 0 Å². The Morgan fingerprint density at radius 2 is 2.06 bits per heavy atom. The van der Waals surface area contributed by atoms with Crippen LogP contribution >= 0.6 is 22.9 Å². The maximum atomic E-state index is 13.2. The number of phenolic OH excluding ortho intramolecular Hbond substituents is 1. The van der Waals surface area contributed by atoms with Gasteiger partial charge in [-0.15, -0.1) is 11.3 Å². The number of hydrogen-bond acceptors (Lipinski definition) is 3.